The Morgan fingerprint density at radius 1 is 0.397 bits per heavy atom. The Labute approximate surface area is 409 Å². The van der Waals surface area contributed by atoms with Crippen molar-refractivity contribution in [3.8, 4) is 0 Å². The number of esters is 4. The van der Waals surface area contributed by atoms with Crippen molar-refractivity contribution in [2.75, 3.05) is 39.6 Å². The van der Waals surface area contributed by atoms with E-state index in [2.05, 4.69) is 34.6 Å². The van der Waals surface area contributed by atoms with Crippen LogP contribution in [0.1, 0.15) is 227 Å². The van der Waals surface area contributed by atoms with Gasteiger partial charge in [-0.1, -0.05) is 176 Å². The summed E-state index contributed by atoms with van der Waals surface area (Å²) in [6, 6.07) is 0. The number of aliphatic hydroxyl groups is 1. The molecule has 0 bridgehead atoms. The maximum Gasteiger partial charge on any atom is 0.472 e. The first-order valence-electron chi connectivity index (χ1n) is 26.1. The SMILES string of the molecule is CCCCCCCCCCC(=O)OC[C@H](COP(=O)(O)OC[C@@H](O)COP(=O)(O)OC[C@@H](COC(=O)CCCCCCC)OC(=O)CCCCCCC)OC(=O)CCCCCCCCCC(C)C. The molecule has 0 amide bonds. The van der Waals surface area contributed by atoms with Gasteiger partial charge in [0.15, 0.2) is 12.2 Å². The fourth-order valence-corrected chi connectivity index (χ4v) is 8.51. The van der Waals surface area contributed by atoms with Crippen LogP contribution in [-0.4, -0.2) is 96.7 Å². The lowest BCUT2D eigenvalue weighted by molar-refractivity contribution is -0.161. The number of carbonyl (C=O) groups excluding carboxylic acids is 4. The highest BCUT2D eigenvalue weighted by atomic mass is 31.2. The minimum Gasteiger partial charge on any atom is -0.462 e. The molecule has 19 heteroatoms. The quantitative estimate of drug-likeness (QED) is 0.0222. The number of carbonyl (C=O) groups is 4. The Bertz CT molecular complexity index is 1370. The molecule has 5 atom stereocenters. The van der Waals surface area contributed by atoms with Gasteiger partial charge >= 0.3 is 39.5 Å². The zero-order valence-corrected chi connectivity index (χ0v) is 44.5. The fourth-order valence-electron chi connectivity index (χ4n) is 6.93. The normalized spacial score (nSPS) is 14.7. The highest BCUT2D eigenvalue weighted by molar-refractivity contribution is 7.47. The summed E-state index contributed by atoms with van der Waals surface area (Å²) in [7, 11) is -9.83. The third-order valence-electron chi connectivity index (χ3n) is 11.0. The molecule has 0 aromatic carbocycles. The van der Waals surface area contributed by atoms with E-state index in [9.17, 15) is 43.2 Å². The van der Waals surface area contributed by atoms with Crippen LogP contribution in [-0.2, 0) is 65.4 Å². The van der Waals surface area contributed by atoms with Crippen molar-refractivity contribution in [1.82, 2.24) is 0 Å². The summed E-state index contributed by atoms with van der Waals surface area (Å²) in [5.41, 5.74) is 0. The van der Waals surface area contributed by atoms with Gasteiger partial charge in [-0.3, -0.25) is 37.3 Å². The second-order valence-electron chi connectivity index (χ2n) is 18.3. The summed E-state index contributed by atoms with van der Waals surface area (Å²) < 4.78 is 66.8. The van der Waals surface area contributed by atoms with Gasteiger partial charge in [0.25, 0.3) is 0 Å². The van der Waals surface area contributed by atoms with Gasteiger partial charge in [0.1, 0.15) is 19.3 Å². The number of phosphoric acid groups is 2. The van der Waals surface area contributed by atoms with E-state index in [1.165, 1.54) is 38.5 Å². The van der Waals surface area contributed by atoms with Gasteiger partial charge in [-0.25, -0.2) is 9.13 Å². The molecule has 0 aromatic heterocycles. The number of phosphoric ester groups is 2. The van der Waals surface area contributed by atoms with Crippen LogP contribution in [0, 0.1) is 5.92 Å². The first kappa shape index (κ1) is 66.1. The lowest BCUT2D eigenvalue weighted by Crippen LogP contribution is -2.30. The Kier molecular flexibility index (Phi) is 42.6. The summed E-state index contributed by atoms with van der Waals surface area (Å²) >= 11 is 0. The van der Waals surface area contributed by atoms with Crippen LogP contribution < -0.4 is 0 Å². The molecule has 0 aromatic rings. The number of unbranched alkanes of at least 4 members (excludes halogenated alkanes) is 21. The summed E-state index contributed by atoms with van der Waals surface area (Å²) in [5.74, 6) is -1.49. The molecule has 0 saturated heterocycles. The molecular weight excluding hydrogens is 922 g/mol. The maximum atomic E-state index is 12.8. The summed E-state index contributed by atoms with van der Waals surface area (Å²) in [5, 5.41) is 10.4. The lowest BCUT2D eigenvalue weighted by atomic mass is 10.0. The minimum atomic E-state index is -4.92. The van der Waals surface area contributed by atoms with E-state index < -0.39 is 97.5 Å². The zero-order chi connectivity index (χ0) is 50.7. The topological polar surface area (TPSA) is 237 Å². The maximum absolute atomic E-state index is 12.8. The number of ether oxygens (including phenoxy) is 4. The molecule has 0 heterocycles. The second kappa shape index (κ2) is 43.8. The highest BCUT2D eigenvalue weighted by Crippen LogP contribution is 2.45. The monoisotopic (exact) mass is 1020 g/mol. The predicted molar refractivity (Wildman–Crippen MR) is 262 cm³/mol. The Balaban J connectivity index is 5.15. The summed E-state index contributed by atoms with van der Waals surface area (Å²) in [4.78, 5) is 70.9. The molecule has 0 spiro atoms. The van der Waals surface area contributed by atoms with Gasteiger partial charge in [-0.05, 0) is 31.6 Å². The third-order valence-corrected chi connectivity index (χ3v) is 12.9. The smallest absolute Gasteiger partial charge is 0.462 e. The van der Waals surface area contributed by atoms with Crippen LogP contribution in [0.5, 0.6) is 0 Å². The van der Waals surface area contributed by atoms with E-state index in [0.29, 0.717) is 31.6 Å². The van der Waals surface area contributed by atoms with Crippen molar-refractivity contribution >= 4 is 39.5 Å². The molecule has 0 aliphatic carbocycles. The largest absolute Gasteiger partial charge is 0.472 e. The zero-order valence-electron chi connectivity index (χ0n) is 42.7. The molecule has 3 N–H and O–H groups in total. The second-order valence-corrected chi connectivity index (χ2v) is 21.2. The van der Waals surface area contributed by atoms with Crippen molar-refractivity contribution in [2.45, 2.75) is 246 Å². The fraction of sp³-hybridized carbons (Fsp3) is 0.918. The molecule has 0 rings (SSSR count). The van der Waals surface area contributed by atoms with Crippen molar-refractivity contribution in [1.29, 1.82) is 0 Å². The molecular formula is C49H94O17P2. The molecule has 402 valence electrons. The number of hydrogen-bond acceptors (Lipinski definition) is 15. The van der Waals surface area contributed by atoms with Gasteiger partial charge in [0.2, 0.25) is 0 Å². The van der Waals surface area contributed by atoms with Gasteiger partial charge in [0, 0.05) is 25.7 Å². The number of hydrogen-bond donors (Lipinski definition) is 3. The van der Waals surface area contributed by atoms with E-state index in [0.717, 1.165) is 103 Å². The summed E-state index contributed by atoms with van der Waals surface area (Å²) in [6.07, 6.45) is 22.1. The van der Waals surface area contributed by atoms with E-state index in [1.807, 2.05) is 0 Å². The van der Waals surface area contributed by atoms with Crippen molar-refractivity contribution < 1.29 is 80.2 Å². The van der Waals surface area contributed by atoms with Crippen LogP contribution in [0.4, 0.5) is 0 Å². The Morgan fingerprint density at radius 2 is 0.676 bits per heavy atom. The minimum absolute atomic E-state index is 0.0984. The predicted octanol–water partition coefficient (Wildman–Crippen LogP) is 11.9. The van der Waals surface area contributed by atoms with Crippen LogP contribution in [0.3, 0.4) is 0 Å². The molecule has 68 heavy (non-hydrogen) atoms. The van der Waals surface area contributed by atoms with Crippen molar-refractivity contribution in [2.24, 2.45) is 5.92 Å². The highest BCUT2D eigenvalue weighted by Gasteiger charge is 2.30. The molecule has 0 aliphatic rings. The van der Waals surface area contributed by atoms with Crippen LogP contribution in [0.15, 0.2) is 0 Å². The average Bonchev–Trinajstić information content (AvgIpc) is 3.29. The summed E-state index contributed by atoms with van der Waals surface area (Å²) in [6.45, 7) is 6.79. The average molecular weight is 1020 g/mol. The molecule has 17 nitrogen and oxygen atoms in total. The Hall–Kier alpha value is -1.94. The standard InChI is InChI=1S/C49H94O17P2/c1-6-9-12-15-16-19-24-28-33-47(52)60-39-45(66-49(54)35-30-25-20-17-18-23-26-31-42(4)5)41-64-68(57,58)62-37-43(50)36-61-67(55,56)63-40-44(65-48(53)34-29-22-14-11-8-3)38-59-46(51)32-27-21-13-10-7-2/h42-45,50H,6-41H2,1-5H3,(H,55,56)(H,57,58)/t43-,44+,45+/m0/s1. The van der Waals surface area contributed by atoms with Crippen molar-refractivity contribution in [3.63, 3.8) is 0 Å². The van der Waals surface area contributed by atoms with Crippen LogP contribution >= 0.6 is 15.6 Å². The number of rotatable bonds is 49. The lowest BCUT2D eigenvalue weighted by Gasteiger charge is -2.21. The molecule has 0 radical (unpaired) electrons. The van der Waals surface area contributed by atoms with Crippen LogP contribution in [0.25, 0.3) is 0 Å². The number of aliphatic hydroxyl groups excluding tert-OH is 1. The van der Waals surface area contributed by atoms with Gasteiger partial charge in [0.05, 0.1) is 26.4 Å². The van der Waals surface area contributed by atoms with Gasteiger partial charge in [-0.2, -0.15) is 0 Å². The first-order chi connectivity index (χ1) is 32.5. The van der Waals surface area contributed by atoms with E-state index in [4.69, 9.17) is 37.0 Å². The van der Waals surface area contributed by atoms with Crippen molar-refractivity contribution in [3.05, 3.63) is 0 Å². The van der Waals surface area contributed by atoms with Crippen LogP contribution in [0.2, 0.25) is 0 Å². The third kappa shape index (κ3) is 44.0. The van der Waals surface area contributed by atoms with Gasteiger partial charge < -0.3 is 33.8 Å². The van der Waals surface area contributed by atoms with Gasteiger partial charge in [-0.15, -0.1) is 0 Å². The molecule has 2 unspecified atom stereocenters. The molecule has 0 fully saturated rings. The van der Waals surface area contributed by atoms with E-state index >= 15 is 0 Å². The van der Waals surface area contributed by atoms with E-state index in [1.54, 1.807) is 0 Å². The van der Waals surface area contributed by atoms with E-state index in [-0.39, 0.29) is 25.7 Å². The first-order valence-corrected chi connectivity index (χ1v) is 29.1. The molecule has 0 aliphatic heterocycles. The Morgan fingerprint density at radius 3 is 1.00 bits per heavy atom. The molecule has 0 saturated carbocycles.